The molecular formula is C12H25NO. The number of aliphatic hydroxyl groups is 1. The summed E-state index contributed by atoms with van der Waals surface area (Å²) in [5.74, 6) is 0. The predicted octanol–water partition coefficient (Wildman–Crippen LogP) is 2.48. The van der Waals surface area contributed by atoms with Crippen molar-refractivity contribution in [3.05, 3.63) is 12.7 Å². The van der Waals surface area contributed by atoms with Crippen molar-refractivity contribution < 1.29 is 5.11 Å². The van der Waals surface area contributed by atoms with Crippen LogP contribution in [0, 0.1) is 0 Å². The van der Waals surface area contributed by atoms with Crippen molar-refractivity contribution in [1.82, 2.24) is 5.32 Å². The first-order valence-electron chi connectivity index (χ1n) is 5.80. The Balaban J connectivity index is 3.19. The quantitative estimate of drug-likeness (QED) is 0.418. The average Bonchev–Trinajstić information content (AvgIpc) is 2.21. The van der Waals surface area contributed by atoms with Crippen molar-refractivity contribution in [2.24, 2.45) is 0 Å². The minimum absolute atomic E-state index is 0.294. The highest BCUT2D eigenvalue weighted by atomic mass is 16.3. The minimum atomic E-state index is 0.294. The summed E-state index contributed by atoms with van der Waals surface area (Å²) in [5.41, 5.74) is 0. The Hall–Kier alpha value is -0.340. The average molecular weight is 199 g/mol. The van der Waals surface area contributed by atoms with Gasteiger partial charge in [0.05, 0.1) is 0 Å². The zero-order valence-corrected chi connectivity index (χ0v) is 9.47. The lowest BCUT2D eigenvalue weighted by Crippen LogP contribution is -2.30. The number of rotatable bonds is 10. The molecular weight excluding hydrogens is 174 g/mol. The summed E-state index contributed by atoms with van der Waals surface area (Å²) in [5, 5.41) is 12.3. The molecule has 0 amide bonds. The molecule has 0 heterocycles. The van der Waals surface area contributed by atoms with E-state index in [4.69, 9.17) is 5.11 Å². The molecule has 0 aromatic carbocycles. The van der Waals surface area contributed by atoms with E-state index in [0.29, 0.717) is 12.6 Å². The third kappa shape index (κ3) is 8.27. The van der Waals surface area contributed by atoms with Gasteiger partial charge in [0, 0.05) is 12.6 Å². The van der Waals surface area contributed by atoms with Gasteiger partial charge in [0.2, 0.25) is 0 Å². The Morgan fingerprint density at radius 1 is 1.36 bits per heavy atom. The van der Waals surface area contributed by atoms with E-state index < -0.39 is 0 Å². The molecule has 0 fully saturated rings. The zero-order valence-electron chi connectivity index (χ0n) is 9.47. The maximum absolute atomic E-state index is 8.79. The maximum atomic E-state index is 8.79. The summed E-state index contributed by atoms with van der Waals surface area (Å²) in [6, 6.07) is 0.499. The third-order valence-corrected chi connectivity index (χ3v) is 2.49. The van der Waals surface area contributed by atoms with Crippen LogP contribution in [0.5, 0.6) is 0 Å². The second-order valence-corrected chi connectivity index (χ2v) is 3.71. The van der Waals surface area contributed by atoms with Gasteiger partial charge in [0.25, 0.3) is 0 Å². The van der Waals surface area contributed by atoms with Crippen LogP contribution in [0.15, 0.2) is 12.7 Å². The molecule has 2 heteroatoms. The highest BCUT2D eigenvalue weighted by Gasteiger charge is 2.02. The number of hydrogen-bond donors (Lipinski definition) is 2. The summed E-state index contributed by atoms with van der Waals surface area (Å²) in [6.45, 7) is 7.23. The van der Waals surface area contributed by atoms with Crippen LogP contribution >= 0.6 is 0 Å². The van der Waals surface area contributed by atoms with E-state index in [9.17, 15) is 0 Å². The number of allylic oxidation sites excluding steroid dienone is 1. The minimum Gasteiger partial charge on any atom is -0.396 e. The Labute approximate surface area is 88.4 Å². The van der Waals surface area contributed by atoms with Crippen molar-refractivity contribution in [2.75, 3.05) is 13.2 Å². The lowest BCUT2D eigenvalue weighted by Gasteiger charge is -2.15. The van der Waals surface area contributed by atoms with Crippen LogP contribution in [0.25, 0.3) is 0 Å². The highest BCUT2D eigenvalue weighted by Crippen LogP contribution is 2.01. The molecule has 0 saturated carbocycles. The molecule has 2 N–H and O–H groups in total. The largest absolute Gasteiger partial charge is 0.396 e. The number of aliphatic hydroxyl groups excluding tert-OH is 1. The molecule has 0 rings (SSSR count). The third-order valence-electron chi connectivity index (χ3n) is 2.49. The standard InChI is InChI=1S/C12H25NO/c1-3-5-6-7-8-10-13-12(4-2)9-11-14/h3,12-14H,1,4-11H2,2H3. The van der Waals surface area contributed by atoms with Gasteiger partial charge >= 0.3 is 0 Å². The Morgan fingerprint density at radius 3 is 2.71 bits per heavy atom. The molecule has 0 aliphatic rings. The summed E-state index contributed by atoms with van der Waals surface area (Å²) in [4.78, 5) is 0. The van der Waals surface area contributed by atoms with E-state index in [2.05, 4.69) is 18.8 Å². The van der Waals surface area contributed by atoms with Crippen LogP contribution in [0.3, 0.4) is 0 Å². The maximum Gasteiger partial charge on any atom is 0.0445 e. The first kappa shape index (κ1) is 13.7. The van der Waals surface area contributed by atoms with Gasteiger partial charge < -0.3 is 10.4 Å². The summed E-state index contributed by atoms with van der Waals surface area (Å²) >= 11 is 0. The van der Waals surface area contributed by atoms with E-state index in [1.54, 1.807) is 0 Å². The zero-order chi connectivity index (χ0) is 10.6. The van der Waals surface area contributed by atoms with Gasteiger partial charge in [0.15, 0.2) is 0 Å². The van der Waals surface area contributed by atoms with Crippen LogP contribution in [0.4, 0.5) is 0 Å². The van der Waals surface area contributed by atoms with Crippen molar-refractivity contribution in [3.63, 3.8) is 0 Å². The second-order valence-electron chi connectivity index (χ2n) is 3.71. The Bertz CT molecular complexity index is 125. The smallest absolute Gasteiger partial charge is 0.0445 e. The lowest BCUT2D eigenvalue weighted by molar-refractivity contribution is 0.262. The van der Waals surface area contributed by atoms with Crippen LogP contribution in [-0.2, 0) is 0 Å². The van der Waals surface area contributed by atoms with E-state index in [1.165, 1.54) is 19.3 Å². The van der Waals surface area contributed by atoms with Crippen LogP contribution in [0.1, 0.15) is 45.4 Å². The summed E-state index contributed by atoms with van der Waals surface area (Å²) in [6.07, 6.45) is 8.85. The van der Waals surface area contributed by atoms with Crippen molar-refractivity contribution in [3.8, 4) is 0 Å². The lowest BCUT2D eigenvalue weighted by atomic mass is 10.1. The summed E-state index contributed by atoms with van der Waals surface area (Å²) < 4.78 is 0. The van der Waals surface area contributed by atoms with Crippen molar-refractivity contribution in [2.45, 2.75) is 51.5 Å². The van der Waals surface area contributed by atoms with E-state index in [1.807, 2.05) is 6.08 Å². The fraction of sp³-hybridized carbons (Fsp3) is 0.833. The molecule has 1 atom stereocenters. The van der Waals surface area contributed by atoms with Gasteiger partial charge in [-0.1, -0.05) is 19.4 Å². The monoisotopic (exact) mass is 199 g/mol. The van der Waals surface area contributed by atoms with Gasteiger partial charge in [-0.3, -0.25) is 0 Å². The van der Waals surface area contributed by atoms with Crippen molar-refractivity contribution >= 4 is 0 Å². The van der Waals surface area contributed by atoms with E-state index in [-0.39, 0.29) is 0 Å². The van der Waals surface area contributed by atoms with Gasteiger partial charge in [-0.25, -0.2) is 0 Å². The second kappa shape index (κ2) is 10.7. The Morgan fingerprint density at radius 2 is 2.14 bits per heavy atom. The van der Waals surface area contributed by atoms with Crippen LogP contribution in [0.2, 0.25) is 0 Å². The topological polar surface area (TPSA) is 32.3 Å². The van der Waals surface area contributed by atoms with Crippen LogP contribution in [-0.4, -0.2) is 24.3 Å². The summed E-state index contributed by atoms with van der Waals surface area (Å²) in [7, 11) is 0. The molecule has 2 nitrogen and oxygen atoms in total. The number of unbranched alkanes of at least 4 members (excludes halogenated alkanes) is 3. The molecule has 0 aliphatic heterocycles. The fourth-order valence-corrected chi connectivity index (χ4v) is 1.50. The highest BCUT2D eigenvalue weighted by molar-refractivity contribution is 4.67. The van der Waals surface area contributed by atoms with Gasteiger partial charge in [0.1, 0.15) is 0 Å². The van der Waals surface area contributed by atoms with Gasteiger partial charge in [-0.05, 0) is 38.6 Å². The molecule has 0 aliphatic carbocycles. The normalized spacial score (nSPS) is 12.7. The fourth-order valence-electron chi connectivity index (χ4n) is 1.50. The molecule has 0 aromatic rings. The molecule has 84 valence electrons. The molecule has 1 unspecified atom stereocenters. The Kier molecular flexibility index (Phi) is 10.5. The SMILES string of the molecule is C=CCCCCCNC(CC)CCO. The predicted molar refractivity (Wildman–Crippen MR) is 62.4 cm³/mol. The first-order valence-corrected chi connectivity index (χ1v) is 5.80. The molecule has 14 heavy (non-hydrogen) atoms. The van der Waals surface area contributed by atoms with Crippen LogP contribution < -0.4 is 5.32 Å². The molecule has 0 radical (unpaired) electrons. The first-order chi connectivity index (χ1) is 6.85. The molecule has 0 bridgehead atoms. The van der Waals surface area contributed by atoms with E-state index in [0.717, 1.165) is 25.8 Å². The van der Waals surface area contributed by atoms with Gasteiger partial charge in [-0.15, -0.1) is 6.58 Å². The van der Waals surface area contributed by atoms with Gasteiger partial charge in [-0.2, -0.15) is 0 Å². The molecule has 0 spiro atoms. The van der Waals surface area contributed by atoms with Crippen molar-refractivity contribution in [1.29, 1.82) is 0 Å². The molecule has 0 aromatic heterocycles. The molecule has 0 saturated heterocycles. The number of nitrogens with one attached hydrogen (secondary N) is 1. The number of hydrogen-bond acceptors (Lipinski definition) is 2. The van der Waals surface area contributed by atoms with E-state index >= 15 is 0 Å².